The van der Waals surface area contributed by atoms with Gasteiger partial charge in [0.05, 0.1) is 24.9 Å². The average molecular weight is 339 g/mol. The van der Waals surface area contributed by atoms with Crippen LogP contribution in [0.5, 0.6) is 0 Å². The molecule has 0 saturated carbocycles. The zero-order valence-corrected chi connectivity index (χ0v) is 13.8. The Balaban J connectivity index is 1.69. The number of ether oxygens (including phenoxy) is 1. The number of hydrogen-bond donors (Lipinski definition) is 2. The number of aryl methyl sites for hydroxylation is 1. The van der Waals surface area contributed by atoms with Gasteiger partial charge >= 0.3 is 12.0 Å². The van der Waals surface area contributed by atoms with E-state index in [1.165, 1.54) is 7.11 Å². The van der Waals surface area contributed by atoms with Crippen LogP contribution >= 0.6 is 0 Å². The van der Waals surface area contributed by atoms with Crippen LogP contribution in [0, 0.1) is 6.92 Å². The molecule has 2 amide bonds. The van der Waals surface area contributed by atoms with E-state index in [0.717, 1.165) is 10.9 Å². The number of carbonyl (C=O) groups is 2. The Morgan fingerprint density at radius 2 is 2.00 bits per heavy atom. The van der Waals surface area contributed by atoms with E-state index < -0.39 is 12.0 Å². The highest BCUT2D eigenvalue weighted by molar-refractivity contribution is 6.00. The summed E-state index contributed by atoms with van der Waals surface area (Å²) in [5.41, 5.74) is 3.03. The molecule has 7 heteroatoms. The molecule has 0 radical (unpaired) electrons. The summed E-state index contributed by atoms with van der Waals surface area (Å²) in [7, 11) is 1.29. The number of nitrogens with zero attached hydrogens (tertiary/aromatic N) is 1. The van der Waals surface area contributed by atoms with E-state index in [0.29, 0.717) is 17.0 Å². The van der Waals surface area contributed by atoms with Gasteiger partial charge in [-0.3, -0.25) is 0 Å². The Morgan fingerprint density at radius 1 is 1.20 bits per heavy atom. The number of hydrogen-bond acceptors (Lipinski definition) is 5. The van der Waals surface area contributed by atoms with Crippen molar-refractivity contribution in [1.29, 1.82) is 0 Å². The van der Waals surface area contributed by atoms with Gasteiger partial charge in [-0.2, -0.15) is 0 Å². The molecule has 0 aliphatic heterocycles. The number of benzene rings is 2. The Labute approximate surface area is 143 Å². The summed E-state index contributed by atoms with van der Waals surface area (Å²) in [5, 5.41) is 10.2. The molecule has 3 rings (SSSR count). The Morgan fingerprint density at radius 3 is 2.80 bits per heavy atom. The fourth-order valence-electron chi connectivity index (χ4n) is 2.44. The van der Waals surface area contributed by atoms with Crippen molar-refractivity contribution in [2.45, 2.75) is 13.5 Å². The molecule has 0 unspecified atom stereocenters. The molecular weight excluding hydrogens is 322 g/mol. The number of para-hydroxylation sites is 1. The highest BCUT2D eigenvalue weighted by atomic mass is 16.5. The van der Waals surface area contributed by atoms with E-state index >= 15 is 0 Å². The molecule has 0 saturated heterocycles. The summed E-state index contributed by atoms with van der Waals surface area (Å²) in [6.07, 6.45) is 0. The summed E-state index contributed by atoms with van der Waals surface area (Å²) in [6.45, 7) is 2.17. The predicted octanol–water partition coefficient (Wildman–Crippen LogP) is 3.24. The van der Waals surface area contributed by atoms with Crippen molar-refractivity contribution < 1.29 is 18.8 Å². The number of anilines is 1. The van der Waals surface area contributed by atoms with Gasteiger partial charge in [0.1, 0.15) is 5.69 Å². The third kappa shape index (κ3) is 3.60. The molecule has 2 N–H and O–H groups in total. The largest absolute Gasteiger partial charge is 0.465 e. The minimum Gasteiger partial charge on any atom is -0.465 e. The number of fused-ring (bicyclic) bond motifs is 1. The highest BCUT2D eigenvalue weighted by Gasteiger charge is 2.14. The van der Waals surface area contributed by atoms with Crippen LogP contribution in [0.25, 0.3) is 11.0 Å². The maximum Gasteiger partial charge on any atom is 0.339 e. The molecule has 1 aromatic heterocycles. The van der Waals surface area contributed by atoms with Crippen molar-refractivity contribution in [2.75, 3.05) is 12.4 Å². The maximum absolute atomic E-state index is 12.1. The molecule has 0 bridgehead atoms. The van der Waals surface area contributed by atoms with Crippen molar-refractivity contribution in [2.24, 2.45) is 0 Å². The number of nitrogens with one attached hydrogen (secondary N) is 2. The highest BCUT2D eigenvalue weighted by Crippen LogP contribution is 2.20. The lowest BCUT2D eigenvalue weighted by Gasteiger charge is -2.10. The minimum atomic E-state index is -0.520. The number of aromatic nitrogens is 1. The van der Waals surface area contributed by atoms with Gasteiger partial charge in [0.15, 0.2) is 5.58 Å². The zero-order valence-electron chi connectivity index (χ0n) is 13.8. The van der Waals surface area contributed by atoms with Crippen molar-refractivity contribution in [3.05, 3.63) is 59.3 Å². The Hall–Kier alpha value is -3.35. The summed E-state index contributed by atoms with van der Waals surface area (Å²) in [6, 6.07) is 11.9. The number of carbonyl (C=O) groups excluding carboxylic acids is 2. The molecule has 0 aliphatic carbocycles. The predicted molar refractivity (Wildman–Crippen MR) is 92.4 cm³/mol. The van der Waals surface area contributed by atoms with Crippen molar-refractivity contribution in [3.8, 4) is 0 Å². The first-order valence-electron chi connectivity index (χ1n) is 7.65. The van der Waals surface area contributed by atoms with Gasteiger partial charge in [0.25, 0.3) is 0 Å². The molecular formula is C18H17N3O4. The standard InChI is InChI=1S/C18H17N3O4/c1-11-7-8-16-13(9-11)15(21-25-16)10-19-18(23)20-14-6-4-3-5-12(14)17(22)24-2/h3-9H,10H2,1-2H3,(H2,19,20,23). The topological polar surface area (TPSA) is 93.5 Å². The third-order valence-corrected chi connectivity index (χ3v) is 3.70. The number of rotatable bonds is 4. The molecule has 1 heterocycles. The lowest BCUT2D eigenvalue weighted by Crippen LogP contribution is -2.29. The second-order valence-corrected chi connectivity index (χ2v) is 5.47. The fraction of sp³-hybridized carbons (Fsp3) is 0.167. The minimum absolute atomic E-state index is 0.197. The lowest BCUT2D eigenvalue weighted by atomic mass is 10.1. The van der Waals surface area contributed by atoms with Gasteiger partial charge in [-0.25, -0.2) is 9.59 Å². The van der Waals surface area contributed by atoms with Gasteiger partial charge in [0, 0.05) is 5.39 Å². The Bertz CT molecular complexity index is 933. The van der Waals surface area contributed by atoms with E-state index in [4.69, 9.17) is 9.26 Å². The lowest BCUT2D eigenvalue weighted by molar-refractivity contribution is 0.0602. The van der Waals surface area contributed by atoms with Gasteiger partial charge in [-0.1, -0.05) is 28.9 Å². The number of esters is 1. The van der Waals surface area contributed by atoms with Crippen LogP contribution in [0.4, 0.5) is 10.5 Å². The molecule has 7 nitrogen and oxygen atoms in total. The number of urea groups is 1. The van der Waals surface area contributed by atoms with E-state index in [2.05, 4.69) is 15.8 Å². The van der Waals surface area contributed by atoms with Gasteiger partial charge in [0.2, 0.25) is 0 Å². The number of methoxy groups -OCH3 is 1. The fourth-order valence-corrected chi connectivity index (χ4v) is 2.44. The van der Waals surface area contributed by atoms with Crippen molar-refractivity contribution in [1.82, 2.24) is 10.5 Å². The molecule has 0 atom stereocenters. The third-order valence-electron chi connectivity index (χ3n) is 3.70. The first kappa shape index (κ1) is 16.5. The molecule has 2 aromatic carbocycles. The molecule has 128 valence electrons. The summed E-state index contributed by atoms with van der Waals surface area (Å²) in [4.78, 5) is 23.9. The summed E-state index contributed by atoms with van der Waals surface area (Å²) < 4.78 is 9.94. The number of amides is 2. The monoisotopic (exact) mass is 339 g/mol. The van der Waals surface area contributed by atoms with Crippen LogP contribution in [0.3, 0.4) is 0 Å². The van der Waals surface area contributed by atoms with Crippen LogP contribution < -0.4 is 10.6 Å². The summed E-state index contributed by atoms with van der Waals surface area (Å²) >= 11 is 0. The average Bonchev–Trinajstić information content (AvgIpc) is 3.02. The van der Waals surface area contributed by atoms with Crippen LogP contribution in [0.1, 0.15) is 21.6 Å². The van der Waals surface area contributed by atoms with Crippen molar-refractivity contribution >= 4 is 28.7 Å². The zero-order chi connectivity index (χ0) is 17.8. The van der Waals surface area contributed by atoms with Gasteiger partial charge in [-0.15, -0.1) is 0 Å². The molecule has 25 heavy (non-hydrogen) atoms. The van der Waals surface area contributed by atoms with E-state index in [1.54, 1.807) is 24.3 Å². The van der Waals surface area contributed by atoms with Crippen molar-refractivity contribution in [3.63, 3.8) is 0 Å². The second-order valence-electron chi connectivity index (χ2n) is 5.47. The van der Waals surface area contributed by atoms with Crippen LogP contribution in [0.2, 0.25) is 0 Å². The normalized spacial score (nSPS) is 10.5. The van der Waals surface area contributed by atoms with Crippen LogP contribution in [-0.2, 0) is 11.3 Å². The molecule has 3 aromatic rings. The SMILES string of the molecule is COC(=O)c1ccccc1NC(=O)NCc1noc2ccc(C)cc12. The smallest absolute Gasteiger partial charge is 0.339 e. The second kappa shape index (κ2) is 7.04. The summed E-state index contributed by atoms with van der Waals surface area (Å²) in [5.74, 6) is -0.520. The first-order valence-corrected chi connectivity index (χ1v) is 7.65. The van der Waals surface area contributed by atoms with Crippen LogP contribution in [-0.4, -0.2) is 24.3 Å². The maximum atomic E-state index is 12.1. The molecule has 0 fully saturated rings. The Kier molecular flexibility index (Phi) is 4.65. The first-order chi connectivity index (χ1) is 12.1. The van der Waals surface area contributed by atoms with Gasteiger partial charge in [-0.05, 0) is 31.2 Å². The van der Waals surface area contributed by atoms with Crippen LogP contribution in [0.15, 0.2) is 47.0 Å². The molecule has 0 aliphatic rings. The van der Waals surface area contributed by atoms with E-state index in [9.17, 15) is 9.59 Å². The van der Waals surface area contributed by atoms with E-state index in [-0.39, 0.29) is 12.1 Å². The van der Waals surface area contributed by atoms with Gasteiger partial charge < -0.3 is 19.9 Å². The molecule has 0 spiro atoms. The quantitative estimate of drug-likeness (QED) is 0.712. The van der Waals surface area contributed by atoms with E-state index in [1.807, 2.05) is 25.1 Å².